The number of ether oxygens (including phenoxy) is 4. The number of hydrogen-bond acceptors (Lipinski definition) is 7. The fourth-order valence-electron chi connectivity index (χ4n) is 3.12. The third-order valence-corrected chi connectivity index (χ3v) is 5.05. The van der Waals surface area contributed by atoms with Crippen LogP contribution in [0, 0.1) is 11.3 Å². The summed E-state index contributed by atoms with van der Waals surface area (Å²) in [6, 6.07) is 17.4. The summed E-state index contributed by atoms with van der Waals surface area (Å²) in [4.78, 5) is 12.5. The number of nitriles is 1. The van der Waals surface area contributed by atoms with E-state index < -0.39 is 5.91 Å². The summed E-state index contributed by atoms with van der Waals surface area (Å²) < 4.78 is 22.0. The van der Waals surface area contributed by atoms with Crippen LogP contribution in [0.3, 0.4) is 0 Å². The second kappa shape index (κ2) is 12.3. The van der Waals surface area contributed by atoms with Crippen molar-refractivity contribution in [2.45, 2.75) is 13.5 Å². The van der Waals surface area contributed by atoms with Crippen LogP contribution in [0.5, 0.6) is 23.0 Å². The molecule has 0 spiro atoms. The quantitative estimate of drug-likeness (QED) is 0.316. The van der Waals surface area contributed by atoms with Gasteiger partial charge in [0.05, 0.1) is 43.7 Å². The van der Waals surface area contributed by atoms with Crippen molar-refractivity contribution in [3.05, 3.63) is 81.9 Å². The lowest BCUT2D eigenvalue weighted by molar-refractivity contribution is 0.0954. The number of methoxy groups -OCH3 is 2. The van der Waals surface area contributed by atoms with E-state index in [0.29, 0.717) is 51.3 Å². The fourth-order valence-corrected chi connectivity index (χ4v) is 3.39. The number of carbonyl (C=O) groups excluding carboxylic acids is 1. The maximum atomic E-state index is 12.5. The van der Waals surface area contributed by atoms with Gasteiger partial charge in [-0.2, -0.15) is 10.4 Å². The summed E-state index contributed by atoms with van der Waals surface area (Å²) in [5.74, 6) is 1.35. The van der Waals surface area contributed by atoms with Gasteiger partial charge in [0.2, 0.25) is 0 Å². The second-order valence-corrected chi connectivity index (χ2v) is 7.57. The van der Waals surface area contributed by atoms with Crippen LogP contribution in [-0.2, 0) is 6.61 Å². The lowest BCUT2D eigenvalue weighted by atomic mass is 10.1. The summed E-state index contributed by atoms with van der Waals surface area (Å²) in [7, 11) is 3.01. The topological polar surface area (TPSA) is 102 Å². The number of hydrazone groups is 1. The third-order valence-electron chi connectivity index (χ3n) is 4.76. The van der Waals surface area contributed by atoms with Crippen molar-refractivity contribution in [2.24, 2.45) is 5.10 Å². The average Bonchev–Trinajstić information content (AvgIpc) is 2.88. The Kier molecular flexibility index (Phi) is 8.93. The zero-order valence-corrected chi connectivity index (χ0v) is 20.3. The van der Waals surface area contributed by atoms with Gasteiger partial charge in [-0.25, -0.2) is 5.43 Å². The molecule has 35 heavy (non-hydrogen) atoms. The Morgan fingerprint density at radius 2 is 1.83 bits per heavy atom. The number of halogens is 1. The first-order valence-electron chi connectivity index (χ1n) is 10.6. The van der Waals surface area contributed by atoms with E-state index in [4.69, 9.17) is 35.8 Å². The van der Waals surface area contributed by atoms with Crippen molar-refractivity contribution >= 4 is 23.7 Å². The lowest BCUT2D eigenvalue weighted by Crippen LogP contribution is -2.17. The molecular weight excluding hydrogens is 470 g/mol. The molecule has 0 fully saturated rings. The van der Waals surface area contributed by atoms with E-state index in [2.05, 4.69) is 16.6 Å². The molecule has 9 heteroatoms. The summed E-state index contributed by atoms with van der Waals surface area (Å²) in [6.07, 6.45) is 1.45. The summed E-state index contributed by atoms with van der Waals surface area (Å²) in [6.45, 7) is 2.45. The van der Waals surface area contributed by atoms with Gasteiger partial charge in [-0.05, 0) is 54.4 Å². The molecule has 0 bridgehead atoms. The first kappa shape index (κ1) is 25.4. The Morgan fingerprint density at radius 1 is 1.09 bits per heavy atom. The van der Waals surface area contributed by atoms with Gasteiger partial charge in [0.15, 0.2) is 11.5 Å². The minimum Gasteiger partial charge on any atom is -0.497 e. The first-order chi connectivity index (χ1) is 17.0. The number of benzene rings is 3. The molecule has 3 aromatic carbocycles. The van der Waals surface area contributed by atoms with E-state index >= 15 is 0 Å². The standard InChI is InChI=1S/C26H24ClN3O5/c1-4-34-24-10-19(9-23(27)25(24)35-16-18-7-5-6-17(8-18)14-28)15-29-30-26(31)20-11-21(32-2)13-22(12-20)33-3/h5-13,15H,4,16H2,1-3H3,(H,30,31)/b29-15-. The SMILES string of the molecule is CCOc1cc(/C=N\NC(=O)c2cc(OC)cc(OC)c2)cc(Cl)c1OCc1cccc(C#N)c1. The van der Waals surface area contributed by atoms with Crippen molar-refractivity contribution in [1.82, 2.24) is 5.43 Å². The van der Waals surface area contributed by atoms with Crippen molar-refractivity contribution in [3.8, 4) is 29.1 Å². The molecule has 0 saturated heterocycles. The van der Waals surface area contributed by atoms with Gasteiger partial charge in [0.25, 0.3) is 5.91 Å². The summed E-state index contributed by atoms with van der Waals surface area (Å²) in [5.41, 5.74) is 4.77. The Balaban J connectivity index is 1.74. The number of nitrogens with one attached hydrogen (secondary N) is 1. The van der Waals surface area contributed by atoms with Crippen LogP contribution in [0.25, 0.3) is 0 Å². The molecule has 3 aromatic rings. The maximum Gasteiger partial charge on any atom is 0.271 e. The molecule has 1 N–H and O–H groups in total. The van der Waals surface area contributed by atoms with Crippen molar-refractivity contribution in [1.29, 1.82) is 5.26 Å². The average molecular weight is 494 g/mol. The lowest BCUT2D eigenvalue weighted by Gasteiger charge is -2.14. The summed E-state index contributed by atoms with van der Waals surface area (Å²) >= 11 is 6.47. The number of nitrogens with zero attached hydrogens (tertiary/aromatic N) is 2. The minimum atomic E-state index is -0.436. The summed E-state index contributed by atoms with van der Waals surface area (Å²) in [5, 5.41) is 13.4. The van der Waals surface area contributed by atoms with E-state index in [1.54, 1.807) is 48.5 Å². The Hall–Kier alpha value is -4.22. The van der Waals surface area contributed by atoms with E-state index in [0.717, 1.165) is 5.56 Å². The smallest absolute Gasteiger partial charge is 0.271 e. The van der Waals surface area contributed by atoms with Crippen LogP contribution in [0.15, 0.2) is 59.7 Å². The maximum absolute atomic E-state index is 12.5. The Morgan fingerprint density at radius 3 is 2.49 bits per heavy atom. The molecule has 180 valence electrons. The molecule has 0 radical (unpaired) electrons. The highest BCUT2D eigenvalue weighted by Gasteiger charge is 2.13. The van der Waals surface area contributed by atoms with E-state index in [1.807, 2.05) is 13.0 Å². The van der Waals surface area contributed by atoms with Gasteiger partial charge in [-0.3, -0.25) is 4.79 Å². The second-order valence-electron chi connectivity index (χ2n) is 7.16. The monoisotopic (exact) mass is 493 g/mol. The molecule has 1 amide bonds. The Bertz CT molecular complexity index is 1250. The van der Waals surface area contributed by atoms with Gasteiger partial charge in [-0.15, -0.1) is 0 Å². The molecule has 0 aliphatic heterocycles. The molecule has 0 aromatic heterocycles. The zero-order valence-electron chi connectivity index (χ0n) is 19.5. The molecule has 8 nitrogen and oxygen atoms in total. The number of hydrogen-bond donors (Lipinski definition) is 1. The highest BCUT2D eigenvalue weighted by Crippen LogP contribution is 2.37. The molecule has 3 rings (SSSR count). The molecule has 0 atom stereocenters. The van der Waals surface area contributed by atoms with Crippen molar-refractivity contribution < 1.29 is 23.7 Å². The van der Waals surface area contributed by atoms with Crippen LogP contribution in [0.1, 0.15) is 34.0 Å². The first-order valence-corrected chi connectivity index (χ1v) is 11.0. The molecule has 0 aliphatic rings. The molecule has 0 saturated carbocycles. The molecular formula is C26H24ClN3O5. The van der Waals surface area contributed by atoms with Crippen molar-refractivity contribution in [2.75, 3.05) is 20.8 Å². The minimum absolute atomic E-state index is 0.211. The fraction of sp³-hybridized carbons (Fsp3) is 0.192. The number of carbonyl (C=O) groups is 1. The van der Waals surface area contributed by atoms with Gasteiger partial charge in [0, 0.05) is 11.6 Å². The van der Waals surface area contributed by atoms with Crippen LogP contribution < -0.4 is 24.4 Å². The van der Waals surface area contributed by atoms with E-state index in [-0.39, 0.29) is 6.61 Å². The van der Waals surface area contributed by atoms with Crippen LogP contribution >= 0.6 is 11.6 Å². The number of amides is 1. The van der Waals surface area contributed by atoms with Gasteiger partial charge >= 0.3 is 0 Å². The Labute approximate surface area is 208 Å². The highest BCUT2D eigenvalue weighted by molar-refractivity contribution is 6.32. The van der Waals surface area contributed by atoms with Crippen LogP contribution in [-0.4, -0.2) is 32.9 Å². The van der Waals surface area contributed by atoms with E-state index in [1.165, 1.54) is 20.4 Å². The molecule has 0 aliphatic carbocycles. The van der Waals surface area contributed by atoms with Crippen molar-refractivity contribution in [3.63, 3.8) is 0 Å². The predicted octanol–water partition coefficient (Wildman–Crippen LogP) is 4.97. The molecule has 0 heterocycles. The predicted molar refractivity (Wildman–Crippen MR) is 133 cm³/mol. The zero-order chi connectivity index (χ0) is 25.2. The third kappa shape index (κ3) is 6.88. The van der Waals surface area contributed by atoms with Gasteiger partial charge < -0.3 is 18.9 Å². The van der Waals surface area contributed by atoms with Gasteiger partial charge in [0.1, 0.15) is 18.1 Å². The highest BCUT2D eigenvalue weighted by atomic mass is 35.5. The van der Waals surface area contributed by atoms with E-state index in [9.17, 15) is 4.79 Å². The van der Waals surface area contributed by atoms with Crippen LogP contribution in [0.2, 0.25) is 5.02 Å². The number of rotatable bonds is 10. The normalized spacial score (nSPS) is 10.5. The van der Waals surface area contributed by atoms with Crippen LogP contribution in [0.4, 0.5) is 0 Å². The van der Waals surface area contributed by atoms with Gasteiger partial charge in [-0.1, -0.05) is 23.7 Å². The molecule has 0 unspecified atom stereocenters. The largest absolute Gasteiger partial charge is 0.497 e.